The van der Waals surface area contributed by atoms with Crippen LogP contribution in [0.5, 0.6) is 5.75 Å². The lowest BCUT2D eigenvalue weighted by atomic mass is 10.0. The number of hydrogen-bond acceptors (Lipinski definition) is 5. The van der Waals surface area contributed by atoms with Gasteiger partial charge in [-0.05, 0) is 54.3 Å². The molecule has 1 aliphatic rings. The molecule has 1 amide bonds. The lowest BCUT2D eigenvalue weighted by Gasteiger charge is -2.24. The van der Waals surface area contributed by atoms with Crippen molar-refractivity contribution in [1.82, 2.24) is 0 Å². The van der Waals surface area contributed by atoms with Gasteiger partial charge in [-0.1, -0.05) is 36.4 Å². The third-order valence-electron chi connectivity index (χ3n) is 4.99. The molecule has 0 aromatic heterocycles. The number of rotatable bonds is 3. The summed E-state index contributed by atoms with van der Waals surface area (Å²) in [7, 11) is 0. The molecule has 30 heavy (non-hydrogen) atoms. The van der Waals surface area contributed by atoms with Crippen LogP contribution in [0.3, 0.4) is 0 Å². The summed E-state index contributed by atoms with van der Waals surface area (Å²) in [6, 6.07) is 21.0. The minimum atomic E-state index is -0.785. The number of carbonyl (C=O) groups excluding carboxylic acids is 2. The Kier molecular flexibility index (Phi) is 5.19. The molecule has 0 spiro atoms. The lowest BCUT2D eigenvalue weighted by Crippen LogP contribution is -2.31. The molecular formula is C24H18N2O4. The summed E-state index contributed by atoms with van der Waals surface area (Å²) >= 11 is 0. The quantitative estimate of drug-likeness (QED) is 0.676. The molecule has 0 atom stereocenters. The third-order valence-corrected chi connectivity index (χ3v) is 4.99. The number of ether oxygens (including phenoxy) is 1. The van der Waals surface area contributed by atoms with Crippen molar-refractivity contribution in [2.24, 2.45) is 0 Å². The fourth-order valence-corrected chi connectivity index (χ4v) is 3.62. The summed E-state index contributed by atoms with van der Waals surface area (Å²) in [5, 5.41) is 18.7. The zero-order valence-electron chi connectivity index (χ0n) is 16.0. The average Bonchev–Trinajstić information content (AvgIpc) is 2.93. The highest BCUT2D eigenvalue weighted by Crippen LogP contribution is 2.36. The van der Waals surface area contributed by atoms with Crippen molar-refractivity contribution >= 4 is 23.3 Å². The molecule has 3 aromatic rings. The van der Waals surface area contributed by atoms with Crippen molar-refractivity contribution in [2.45, 2.75) is 12.8 Å². The van der Waals surface area contributed by atoms with Crippen molar-refractivity contribution in [3.05, 3.63) is 89.0 Å². The minimum absolute atomic E-state index is 0.0102. The summed E-state index contributed by atoms with van der Waals surface area (Å²) < 4.78 is 5.22. The standard InChI is InChI=1S/C24H18N2O4/c25-14-16-11-19(13-20(27)12-16)24(29)30-15-23(28)26-21-7-3-1-5-17(21)9-10-18-6-2-4-8-22(18)26/h1-8,11-13,27H,9-10,15H2. The number of fused-ring (bicyclic) bond motifs is 2. The van der Waals surface area contributed by atoms with Gasteiger partial charge in [-0.15, -0.1) is 0 Å². The van der Waals surface area contributed by atoms with Crippen LogP contribution in [0.25, 0.3) is 0 Å². The largest absolute Gasteiger partial charge is 0.508 e. The molecule has 0 radical (unpaired) electrons. The van der Waals surface area contributed by atoms with Gasteiger partial charge in [-0.25, -0.2) is 4.79 Å². The highest BCUT2D eigenvalue weighted by atomic mass is 16.5. The summed E-state index contributed by atoms with van der Waals surface area (Å²) in [6.45, 7) is -0.473. The number of phenolic OH excluding ortho intramolecular Hbond substituents is 1. The molecule has 4 rings (SSSR count). The number of benzene rings is 3. The van der Waals surface area contributed by atoms with Gasteiger partial charge in [0.15, 0.2) is 6.61 Å². The van der Waals surface area contributed by atoms with Crippen LogP contribution >= 0.6 is 0 Å². The number of amides is 1. The van der Waals surface area contributed by atoms with E-state index in [4.69, 9.17) is 10.00 Å². The number of hydrogen-bond donors (Lipinski definition) is 1. The Morgan fingerprint density at radius 3 is 2.17 bits per heavy atom. The Morgan fingerprint density at radius 2 is 1.57 bits per heavy atom. The number of para-hydroxylation sites is 2. The molecular weight excluding hydrogens is 380 g/mol. The summed E-state index contributed by atoms with van der Waals surface area (Å²) in [5.41, 5.74) is 3.76. The van der Waals surface area contributed by atoms with Crippen molar-refractivity contribution < 1.29 is 19.4 Å². The van der Waals surface area contributed by atoms with E-state index in [0.29, 0.717) is 0 Å². The summed E-state index contributed by atoms with van der Waals surface area (Å²) in [4.78, 5) is 27.1. The second-order valence-corrected chi connectivity index (χ2v) is 6.94. The van der Waals surface area contributed by atoms with E-state index in [1.165, 1.54) is 18.2 Å². The zero-order valence-corrected chi connectivity index (χ0v) is 16.0. The second kappa shape index (κ2) is 8.10. The Labute approximate surface area is 173 Å². The number of aryl methyl sites for hydroxylation is 2. The Bertz CT molecular complexity index is 1130. The highest BCUT2D eigenvalue weighted by Gasteiger charge is 2.26. The summed E-state index contributed by atoms with van der Waals surface area (Å²) in [5.74, 6) is -1.39. The predicted molar refractivity (Wildman–Crippen MR) is 111 cm³/mol. The number of nitrogens with zero attached hydrogens (tertiary/aromatic N) is 2. The first-order valence-corrected chi connectivity index (χ1v) is 9.47. The van der Waals surface area contributed by atoms with E-state index in [1.807, 2.05) is 54.6 Å². The van der Waals surface area contributed by atoms with Gasteiger partial charge in [0.2, 0.25) is 0 Å². The molecule has 0 fully saturated rings. The molecule has 1 N–H and O–H groups in total. The van der Waals surface area contributed by atoms with Crippen molar-refractivity contribution in [3.63, 3.8) is 0 Å². The van der Waals surface area contributed by atoms with Gasteiger partial charge >= 0.3 is 5.97 Å². The Balaban J connectivity index is 1.60. The van der Waals surface area contributed by atoms with Gasteiger partial charge in [0.1, 0.15) is 5.75 Å². The molecule has 0 aliphatic carbocycles. The third kappa shape index (κ3) is 3.74. The van der Waals surface area contributed by atoms with E-state index in [-0.39, 0.29) is 22.8 Å². The fourth-order valence-electron chi connectivity index (χ4n) is 3.62. The van der Waals surface area contributed by atoms with E-state index < -0.39 is 12.6 Å². The second-order valence-electron chi connectivity index (χ2n) is 6.94. The van der Waals surface area contributed by atoms with Gasteiger partial charge in [0, 0.05) is 0 Å². The number of phenols is 1. The van der Waals surface area contributed by atoms with E-state index in [0.717, 1.165) is 35.3 Å². The molecule has 1 aliphatic heterocycles. The maximum Gasteiger partial charge on any atom is 0.338 e. The van der Waals surface area contributed by atoms with E-state index in [9.17, 15) is 14.7 Å². The maximum atomic E-state index is 13.1. The Morgan fingerprint density at radius 1 is 0.967 bits per heavy atom. The van der Waals surface area contributed by atoms with Crippen molar-refractivity contribution in [2.75, 3.05) is 11.5 Å². The molecule has 3 aromatic carbocycles. The minimum Gasteiger partial charge on any atom is -0.508 e. The average molecular weight is 398 g/mol. The molecule has 0 saturated carbocycles. The first kappa shape index (κ1) is 19.2. The molecule has 0 saturated heterocycles. The SMILES string of the molecule is N#Cc1cc(O)cc(C(=O)OCC(=O)N2c3ccccc3CCc3ccccc32)c1. The van der Waals surface area contributed by atoms with Crippen LogP contribution in [0, 0.1) is 11.3 Å². The smallest absolute Gasteiger partial charge is 0.338 e. The highest BCUT2D eigenvalue weighted by molar-refractivity contribution is 6.04. The first-order valence-electron chi connectivity index (χ1n) is 9.47. The molecule has 1 heterocycles. The van der Waals surface area contributed by atoms with E-state index in [2.05, 4.69) is 0 Å². The molecule has 0 bridgehead atoms. The maximum absolute atomic E-state index is 13.1. The van der Waals surface area contributed by atoms with Crippen LogP contribution in [0.1, 0.15) is 27.0 Å². The summed E-state index contributed by atoms with van der Waals surface area (Å²) in [6.07, 6.45) is 1.61. The number of carbonyl (C=O) groups is 2. The number of anilines is 2. The van der Waals surface area contributed by atoms with Crippen LogP contribution in [0.4, 0.5) is 11.4 Å². The van der Waals surface area contributed by atoms with Crippen LogP contribution in [0.2, 0.25) is 0 Å². The molecule has 6 nitrogen and oxygen atoms in total. The van der Waals surface area contributed by atoms with Crippen LogP contribution in [-0.2, 0) is 22.4 Å². The lowest BCUT2D eigenvalue weighted by molar-refractivity contribution is -0.120. The Hall–Kier alpha value is -4.11. The predicted octanol–water partition coefficient (Wildman–Crippen LogP) is 3.88. The van der Waals surface area contributed by atoms with Crippen LogP contribution < -0.4 is 4.90 Å². The normalized spacial score (nSPS) is 12.2. The molecule has 6 heteroatoms. The first-order chi connectivity index (χ1) is 14.6. The zero-order chi connectivity index (χ0) is 21.1. The molecule has 0 unspecified atom stereocenters. The number of aromatic hydroxyl groups is 1. The van der Waals surface area contributed by atoms with Crippen LogP contribution in [0.15, 0.2) is 66.7 Å². The molecule has 148 valence electrons. The van der Waals surface area contributed by atoms with Crippen molar-refractivity contribution in [1.29, 1.82) is 5.26 Å². The number of esters is 1. The van der Waals surface area contributed by atoms with Gasteiger partial charge in [-0.2, -0.15) is 5.26 Å². The van der Waals surface area contributed by atoms with Gasteiger partial charge < -0.3 is 9.84 Å². The fraction of sp³-hybridized carbons (Fsp3) is 0.125. The van der Waals surface area contributed by atoms with Gasteiger partial charge in [0.05, 0.1) is 28.6 Å². The monoisotopic (exact) mass is 398 g/mol. The van der Waals surface area contributed by atoms with E-state index in [1.54, 1.807) is 4.90 Å². The topological polar surface area (TPSA) is 90.6 Å². The van der Waals surface area contributed by atoms with E-state index >= 15 is 0 Å². The number of nitriles is 1. The van der Waals surface area contributed by atoms with Crippen LogP contribution in [-0.4, -0.2) is 23.6 Å². The van der Waals surface area contributed by atoms with Gasteiger partial charge in [-0.3, -0.25) is 9.69 Å². The van der Waals surface area contributed by atoms with Crippen molar-refractivity contribution in [3.8, 4) is 11.8 Å². The van der Waals surface area contributed by atoms with Gasteiger partial charge in [0.25, 0.3) is 5.91 Å².